The van der Waals surface area contributed by atoms with E-state index < -0.39 is 0 Å². The summed E-state index contributed by atoms with van der Waals surface area (Å²) < 4.78 is 4.91. The molecule has 1 aliphatic rings. The standard InChI is InChI=1S/C24H37NO3/c1-18(23(27)28-5)17-25(21-11-9-7-6-8-10-12-21)22(26)19-13-15-20(16-14-19)24(2,3)4/h13-16,18,21H,6-12,17H2,1-5H3. The van der Waals surface area contributed by atoms with Crippen molar-refractivity contribution in [3.63, 3.8) is 0 Å². The van der Waals surface area contributed by atoms with Crippen molar-refractivity contribution in [2.75, 3.05) is 13.7 Å². The van der Waals surface area contributed by atoms with Gasteiger partial charge in [-0.05, 0) is 36.0 Å². The van der Waals surface area contributed by atoms with Crippen molar-refractivity contribution >= 4 is 11.9 Å². The Bertz CT molecular complexity index is 637. The van der Waals surface area contributed by atoms with Gasteiger partial charge in [0, 0.05) is 18.2 Å². The van der Waals surface area contributed by atoms with Crippen LogP contribution < -0.4 is 0 Å². The van der Waals surface area contributed by atoms with Crippen LogP contribution in [0.1, 0.15) is 88.6 Å². The number of nitrogens with zero attached hydrogens (tertiary/aromatic N) is 1. The number of rotatable bonds is 5. The number of carbonyl (C=O) groups is 2. The van der Waals surface area contributed by atoms with E-state index in [0.29, 0.717) is 12.1 Å². The highest BCUT2D eigenvalue weighted by molar-refractivity contribution is 5.94. The predicted molar refractivity (Wildman–Crippen MR) is 113 cm³/mol. The third-order valence-electron chi connectivity index (χ3n) is 5.85. The van der Waals surface area contributed by atoms with Crippen LogP contribution in [-0.2, 0) is 14.9 Å². The number of methoxy groups -OCH3 is 1. The average molecular weight is 388 g/mol. The topological polar surface area (TPSA) is 46.6 Å². The molecule has 0 aromatic heterocycles. The first-order valence-corrected chi connectivity index (χ1v) is 10.7. The lowest BCUT2D eigenvalue weighted by atomic mass is 9.86. The fourth-order valence-corrected chi connectivity index (χ4v) is 3.99. The summed E-state index contributed by atoms with van der Waals surface area (Å²) in [7, 11) is 1.41. The predicted octanol–water partition coefficient (Wildman–Crippen LogP) is 5.35. The third kappa shape index (κ3) is 6.08. The van der Waals surface area contributed by atoms with E-state index in [-0.39, 0.29) is 29.3 Å². The molecule has 28 heavy (non-hydrogen) atoms. The van der Waals surface area contributed by atoms with E-state index in [1.807, 2.05) is 36.1 Å². The average Bonchev–Trinajstić information content (AvgIpc) is 2.64. The molecule has 0 bridgehead atoms. The monoisotopic (exact) mass is 387 g/mol. The van der Waals surface area contributed by atoms with Gasteiger partial charge in [-0.1, -0.05) is 71.9 Å². The van der Waals surface area contributed by atoms with Crippen LogP contribution in [0.3, 0.4) is 0 Å². The number of ether oxygens (including phenoxy) is 1. The Morgan fingerprint density at radius 2 is 1.57 bits per heavy atom. The maximum atomic E-state index is 13.4. The van der Waals surface area contributed by atoms with E-state index in [1.54, 1.807) is 0 Å². The van der Waals surface area contributed by atoms with Gasteiger partial charge in [-0.15, -0.1) is 0 Å². The molecule has 0 aliphatic heterocycles. The van der Waals surface area contributed by atoms with Crippen molar-refractivity contribution in [1.82, 2.24) is 4.90 Å². The highest BCUT2D eigenvalue weighted by Gasteiger charge is 2.29. The largest absolute Gasteiger partial charge is 0.469 e. The first kappa shape index (κ1) is 22.4. The zero-order chi connectivity index (χ0) is 20.7. The van der Waals surface area contributed by atoms with Gasteiger partial charge in [-0.25, -0.2) is 0 Å². The highest BCUT2D eigenvalue weighted by atomic mass is 16.5. The molecule has 1 aromatic rings. The lowest BCUT2D eigenvalue weighted by Gasteiger charge is -2.34. The number of amides is 1. The number of carbonyl (C=O) groups excluding carboxylic acids is 2. The minimum absolute atomic E-state index is 0.0294. The smallest absolute Gasteiger partial charge is 0.310 e. The zero-order valence-electron chi connectivity index (χ0n) is 18.3. The van der Waals surface area contributed by atoms with E-state index >= 15 is 0 Å². The molecule has 4 nitrogen and oxygen atoms in total. The Kier molecular flexibility index (Phi) is 8.09. The molecule has 1 aromatic carbocycles. The summed E-state index contributed by atoms with van der Waals surface area (Å²) in [5, 5.41) is 0. The van der Waals surface area contributed by atoms with Crippen LogP contribution in [0.5, 0.6) is 0 Å². The quantitative estimate of drug-likeness (QED) is 0.640. The second kappa shape index (κ2) is 10.1. The van der Waals surface area contributed by atoms with E-state index in [2.05, 4.69) is 20.8 Å². The lowest BCUT2D eigenvalue weighted by molar-refractivity contribution is -0.145. The summed E-state index contributed by atoms with van der Waals surface area (Å²) in [5.41, 5.74) is 1.97. The molecule has 2 rings (SSSR count). The van der Waals surface area contributed by atoms with Gasteiger partial charge in [-0.2, -0.15) is 0 Å². The molecular formula is C24H37NO3. The molecule has 1 atom stereocenters. The number of esters is 1. The molecule has 0 radical (unpaired) electrons. The van der Waals surface area contributed by atoms with Gasteiger partial charge >= 0.3 is 5.97 Å². The van der Waals surface area contributed by atoms with E-state index in [0.717, 1.165) is 25.7 Å². The highest BCUT2D eigenvalue weighted by Crippen LogP contribution is 2.26. The number of hydrogen-bond acceptors (Lipinski definition) is 3. The first-order chi connectivity index (χ1) is 13.2. The van der Waals surface area contributed by atoms with Crippen LogP contribution in [-0.4, -0.2) is 36.5 Å². The van der Waals surface area contributed by atoms with Crippen LogP contribution in [0.2, 0.25) is 0 Å². The Hall–Kier alpha value is -1.84. The molecule has 4 heteroatoms. The minimum Gasteiger partial charge on any atom is -0.469 e. The summed E-state index contributed by atoms with van der Waals surface area (Å²) in [6.45, 7) is 8.77. The van der Waals surface area contributed by atoms with Gasteiger partial charge < -0.3 is 9.64 Å². The summed E-state index contributed by atoms with van der Waals surface area (Å²) >= 11 is 0. The van der Waals surface area contributed by atoms with Gasteiger partial charge in [0.25, 0.3) is 5.91 Å². The van der Waals surface area contributed by atoms with E-state index in [1.165, 1.54) is 31.9 Å². The van der Waals surface area contributed by atoms with Gasteiger partial charge in [-0.3, -0.25) is 9.59 Å². The number of benzene rings is 1. The molecule has 1 amide bonds. The zero-order valence-corrected chi connectivity index (χ0v) is 18.3. The summed E-state index contributed by atoms with van der Waals surface area (Å²) in [5.74, 6) is -0.554. The Morgan fingerprint density at radius 3 is 2.07 bits per heavy atom. The fraction of sp³-hybridized carbons (Fsp3) is 0.667. The van der Waals surface area contributed by atoms with Gasteiger partial charge in [0.05, 0.1) is 13.0 Å². The third-order valence-corrected chi connectivity index (χ3v) is 5.85. The molecule has 0 saturated heterocycles. The first-order valence-electron chi connectivity index (χ1n) is 10.7. The molecular weight excluding hydrogens is 350 g/mol. The molecule has 0 heterocycles. The van der Waals surface area contributed by atoms with Gasteiger partial charge in [0.2, 0.25) is 0 Å². The Labute approximate surface area is 170 Å². The van der Waals surface area contributed by atoms with Crippen molar-refractivity contribution in [2.24, 2.45) is 5.92 Å². The van der Waals surface area contributed by atoms with Gasteiger partial charge in [0.15, 0.2) is 0 Å². The molecule has 1 unspecified atom stereocenters. The van der Waals surface area contributed by atoms with Crippen LogP contribution in [0.4, 0.5) is 0 Å². The molecule has 156 valence electrons. The maximum absolute atomic E-state index is 13.4. The van der Waals surface area contributed by atoms with Crippen LogP contribution in [0.15, 0.2) is 24.3 Å². The van der Waals surface area contributed by atoms with Crippen molar-refractivity contribution < 1.29 is 14.3 Å². The molecule has 0 N–H and O–H groups in total. The van der Waals surface area contributed by atoms with Crippen LogP contribution >= 0.6 is 0 Å². The van der Waals surface area contributed by atoms with Crippen molar-refractivity contribution in [3.8, 4) is 0 Å². The molecule has 1 fully saturated rings. The summed E-state index contributed by atoms with van der Waals surface area (Å²) in [6, 6.07) is 8.16. The minimum atomic E-state index is -0.326. The van der Waals surface area contributed by atoms with E-state index in [4.69, 9.17) is 4.74 Å². The fourth-order valence-electron chi connectivity index (χ4n) is 3.99. The second-order valence-corrected chi connectivity index (χ2v) is 9.21. The van der Waals surface area contributed by atoms with Crippen molar-refractivity contribution in [1.29, 1.82) is 0 Å². The molecule has 1 aliphatic carbocycles. The van der Waals surface area contributed by atoms with Crippen LogP contribution in [0, 0.1) is 5.92 Å². The normalized spacial score (nSPS) is 17.3. The maximum Gasteiger partial charge on any atom is 0.310 e. The Balaban J connectivity index is 2.25. The Morgan fingerprint density at radius 1 is 1.04 bits per heavy atom. The second-order valence-electron chi connectivity index (χ2n) is 9.21. The van der Waals surface area contributed by atoms with E-state index in [9.17, 15) is 9.59 Å². The summed E-state index contributed by atoms with van der Waals surface area (Å²) in [4.78, 5) is 27.4. The number of hydrogen-bond donors (Lipinski definition) is 0. The van der Waals surface area contributed by atoms with Gasteiger partial charge in [0.1, 0.15) is 0 Å². The molecule has 1 saturated carbocycles. The lowest BCUT2D eigenvalue weighted by Crippen LogP contribution is -2.44. The molecule has 0 spiro atoms. The van der Waals surface area contributed by atoms with Crippen LogP contribution in [0.25, 0.3) is 0 Å². The van der Waals surface area contributed by atoms with Crippen molar-refractivity contribution in [2.45, 2.75) is 84.1 Å². The van der Waals surface area contributed by atoms with Crippen molar-refractivity contribution in [3.05, 3.63) is 35.4 Å². The summed E-state index contributed by atoms with van der Waals surface area (Å²) in [6.07, 6.45) is 8.05. The SMILES string of the molecule is COC(=O)C(C)CN(C(=O)c1ccc(C(C)(C)C)cc1)C1CCCCCCC1.